The highest BCUT2D eigenvalue weighted by Crippen LogP contribution is 1.59. The Labute approximate surface area is 47.5 Å². The largest absolute Gasteiger partial charge is 0.316 e. The van der Waals surface area contributed by atoms with E-state index in [0.717, 1.165) is 0 Å². The molecule has 0 fully saturated rings. The van der Waals surface area contributed by atoms with Gasteiger partial charge in [-0.25, -0.2) is 0 Å². The molecule has 0 saturated carbocycles. The third-order valence-electron chi connectivity index (χ3n) is 0.204. The van der Waals surface area contributed by atoms with E-state index in [0.29, 0.717) is 0 Å². The summed E-state index contributed by atoms with van der Waals surface area (Å²) in [6.45, 7) is 1.64. The first-order valence-electron chi connectivity index (χ1n) is 1.59. The standard InChI is InChI=1S/C3H6N2.ClHO/c1-3(5)2-4;1-2/h3H,5H2,1H3;2H. The molecule has 0 aliphatic rings. The van der Waals surface area contributed by atoms with Gasteiger partial charge in [-0.1, -0.05) is 0 Å². The lowest BCUT2D eigenvalue weighted by Gasteiger charge is -1.78. The molecule has 0 aliphatic heterocycles. The molecule has 0 spiro atoms. The minimum Gasteiger partial charge on any atom is -0.316 e. The van der Waals surface area contributed by atoms with Gasteiger partial charge in [0.05, 0.1) is 24.0 Å². The van der Waals surface area contributed by atoms with Crippen LogP contribution in [0.15, 0.2) is 0 Å². The van der Waals surface area contributed by atoms with Crippen molar-refractivity contribution in [3.05, 3.63) is 0 Å². The number of nitrogens with zero attached hydrogens (tertiary/aromatic N) is 1. The third kappa shape index (κ3) is 27.0. The van der Waals surface area contributed by atoms with Crippen molar-refractivity contribution < 1.29 is 4.66 Å². The third-order valence-corrected chi connectivity index (χ3v) is 0.204. The summed E-state index contributed by atoms with van der Waals surface area (Å²) in [7, 11) is 0. The van der Waals surface area contributed by atoms with Crippen LogP contribution in [0.25, 0.3) is 0 Å². The summed E-state index contributed by atoms with van der Waals surface area (Å²) in [6, 6.07) is 1.50. The van der Waals surface area contributed by atoms with Crippen LogP contribution in [0.1, 0.15) is 6.92 Å². The minimum atomic E-state index is -0.310. The van der Waals surface area contributed by atoms with E-state index >= 15 is 0 Å². The summed E-state index contributed by atoms with van der Waals surface area (Å²) in [4.78, 5) is 0. The molecule has 7 heavy (non-hydrogen) atoms. The zero-order chi connectivity index (χ0) is 6.28. The highest BCUT2D eigenvalue weighted by Gasteiger charge is 1.78. The summed E-state index contributed by atoms with van der Waals surface area (Å²) in [5.74, 6) is 0. The highest BCUT2D eigenvalue weighted by molar-refractivity contribution is 6.04. The van der Waals surface area contributed by atoms with Gasteiger partial charge in [0.1, 0.15) is 0 Å². The molecule has 0 amide bonds. The van der Waals surface area contributed by atoms with Crippen LogP contribution >= 0.6 is 11.9 Å². The maximum absolute atomic E-state index is 7.77. The van der Waals surface area contributed by atoms with Gasteiger partial charge >= 0.3 is 0 Å². The number of halogens is 1. The second-order valence-corrected chi connectivity index (χ2v) is 0.918. The van der Waals surface area contributed by atoms with E-state index in [1.54, 1.807) is 13.0 Å². The van der Waals surface area contributed by atoms with Crippen molar-refractivity contribution in [2.75, 3.05) is 0 Å². The lowest BCUT2D eigenvalue weighted by atomic mass is 10.4. The molecule has 0 aromatic rings. The molecule has 42 valence electrons. The Hall–Kier alpha value is -0.300. The molecular formula is C3H7ClN2O. The van der Waals surface area contributed by atoms with Crippen molar-refractivity contribution >= 4 is 11.9 Å². The molecular weight excluding hydrogens is 115 g/mol. The van der Waals surface area contributed by atoms with E-state index < -0.39 is 0 Å². The molecule has 0 rings (SSSR count). The zero-order valence-electron chi connectivity index (χ0n) is 3.93. The molecule has 0 radical (unpaired) electrons. The minimum absolute atomic E-state index is 0.310. The van der Waals surface area contributed by atoms with Crippen molar-refractivity contribution in [2.24, 2.45) is 5.73 Å². The van der Waals surface area contributed by atoms with E-state index in [4.69, 9.17) is 15.7 Å². The number of nitriles is 1. The fraction of sp³-hybridized carbons (Fsp3) is 0.667. The summed E-state index contributed by atoms with van der Waals surface area (Å²) < 4.78 is 6.47. The van der Waals surface area contributed by atoms with Crippen molar-refractivity contribution in [3.8, 4) is 6.07 Å². The van der Waals surface area contributed by atoms with Crippen LogP contribution in [-0.4, -0.2) is 10.7 Å². The fourth-order valence-corrected chi connectivity index (χ4v) is 0. The summed E-state index contributed by atoms with van der Waals surface area (Å²) in [5.41, 5.74) is 4.93. The Kier molecular flexibility index (Phi) is 12.9. The summed E-state index contributed by atoms with van der Waals surface area (Å²) >= 11 is 3.64. The molecule has 0 bridgehead atoms. The molecule has 0 aliphatic carbocycles. The number of rotatable bonds is 0. The Bertz CT molecular complexity index is 58.4. The number of hydrogen-bond acceptors (Lipinski definition) is 3. The Morgan fingerprint density at radius 2 is 2.00 bits per heavy atom. The number of hydrogen-bond donors (Lipinski definition) is 2. The molecule has 4 heteroatoms. The molecule has 0 heterocycles. The van der Waals surface area contributed by atoms with Gasteiger partial charge in [0.25, 0.3) is 0 Å². The van der Waals surface area contributed by atoms with Crippen LogP contribution in [-0.2, 0) is 0 Å². The van der Waals surface area contributed by atoms with E-state index in [1.807, 2.05) is 0 Å². The Morgan fingerprint density at radius 1 is 1.86 bits per heavy atom. The maximum Gasteiger partial charge on any atom is 0.0899 e. The maximum atomic E-state index is 7.77. The Balaban J connectivity index is 0. The van der Waals surface area contributed by atoms with E-state index in [1.165, 1.54) is 0 Å². The first-order chi connectivity index (χ1) is 3.27. The second kappa shape index (κ2) is 9.20. The molecule has 3 nitrogen and oxygen atoms in total. The summed E-state index contributed by atoms with van der Waals surface area (Å²) in [5, 5.41) is 7.77. The monoisotopic (exact) mass is 122 g/mol. The predicted molar refractivity (Wildman–Crippen MR) is 27.3 cm³/mol. The quantitative estimate of drug-likeness (QED) is 0.475. The topological polar surface area (TPSA) is 70.0 Å². The SMILES string of the molecule is CC(N)C#N.OCl. The van der Waals surface area contributed by atoms with E-state index in [2.05, 4.69) is 11.9 Å². The summed E-state index contributed by atoms with van der Waals surface area (Å²) in [6.07, 6.45) is 0. The molecule has 1 atom stereocenters. The first-order valence-corrected chi connectivity index (χ1v) is 1.93. The first kappa shape index (κ1) is 9.85. The van der Waals surface area contributed by atoms with Crippen molar-refractivity contribution in [1.29, 1.82) is 5.26 Å². The van der Waals surface area contributed by atoms with Crippen LogP contribution in [0.3, 0.4) is 0 Å². The van der Waals surface area contributed by atoms with Gasteiger partial charge in [0.2, 0.25) is 0 Å². The average molecular weight is 123 g/mol. The molecule has 3 N–H and O–H groups in total. The van der Waals surface area contributed by atoms with E-state index in [-0.39, 0.29) is 6.04 Å². The Morgan fingerprint density at radius 3 is 2.00 bits per heavy atom. The van der Waals surface area contributed by atoms with Gasteiger partial charge in [-0.05, 0) is 6.92 Å². The lowest BCUT2D eigenvalue weighted by molar-refractivity contribution is 0.632. The predicted octanol–water partition coefficient (Wildman–Crippen LogP) is -0.0103. The van der Waals surface area contributed by atoms with Gasteiger partial charge in [0, 0.05) is 0 Å². The van der Waals surface area contributed by atoms with Gasteiger partial charge < -0.3 is 5.73 Å². The van der Waals surface area contributed by atoms with Crippen LogP contribution in [0, 0.1) is 11.3 Å². The van der Waals surface area contributed by atoms with Gasteiger partial charge in [-0.2, -0.15) is 5.26 Å². The number of nitrogens with two attached hydrogens (primary N) is 1. The molecule has 1 unspecified atom stereocenters. The second-order valence-electron chi connectivity index (χ2n) is 0.918. The fourth-order valence-electron chi connectivity index (χ4n) is 0. The van der Waals surface area contributed by atoms with Gasteiger partial charge in [0.15, 0.2) is 0 Å². The highest BCUT2D eigenvalue weighted by atomic mass is 35.5. The zero-order valence-corrected chi connectivity index (χ0v) is 4.68. The molecule has 0 aromatic heterocycles. The van der Waals surface area contributed by atoms with Gasteiger partial charge in [-0.15, -0.1) is 0 Å². The lowest BCUT2D eigenvalue weighted by Crippen LogP contribution is -2.09. The molecule has 0 aromatic carbocycles. The van der Waals surface area contributed by atoms with Crippen LogP contribution in [0.5, 0.6) is 0 Å². The van der Waals surface area contributed by atoms with Crippen molar-refractivity contribution in [3.63, 3.8) is 0 Å². The van der Waals surface area contributed by atoms with Crippen LogP contribution in [0.2, 0.25) is 0 Å². The van der Waals surface area contributed by atoms with Crippen molar-refractivity contribution in [2.45, 2.75) is 13.0 Å². The van der Waals surface area contributed by atoms with Gasteiger partial charge in [-0.3, -0.25) is 4.66 Å². The smallest absolute Gasteiger partial charge is 0.0899 e. The molecule has 0 saturated heterocycles. The average Bonchev–Trinajstić information content (AvgIpc) is 1.73. The van der Waals surface area contributed by atoms with E-state index in [9.17, 15) is 0 Å². The normalized spacial score (nSPS) is 10.1. The van der Waals surface area contributed by atoms with Crippen LogP contribution < -0.4 is 5.73 Å². The van der Waals surface area contributed by atoms with Crippen molar-refractivity contribution in [1.82, 2.24) is 0 Å². The van der Waals surface area contributed by atoms with Crippen LogP contribution in [0.4, 0.5) is 0 Å².